The summed E-state index contributed by atoms with van der Waals surface area (Å²) < 4.78 is 19.2. The van der Waals surface area contributed by atoms with Gasteiger partial charge in [0.1, 0.15) is 11.6 Å². The van der Waals surface area contributed by atoms with Gasteiger partial charge in [0.15, 0.2) is 5.75 Å². The molecule has 2 aromatic rings. The predicted octanol–water partition coefficient (Wildman–Crippen LogP) is 4.62. The summed E-state index contributed by atoms with van der Waals surface area (Å²) in [7, 11) is 0. The third kappa shape index (κ3) is 2.90. The molecule has 0 aliphatic heterocycles. The normalized spacial score (nSPS) is 10.3. The molecule has 0 aliphatic rings. The standard InChI is InChI=1S/C12H8BrClFNO/c13-7-4-8(15)6-9(5-7)17-12-10(14)2-1-3-11(12)16/h1-6H,16H2. The van der Waals surface area contributed by atoms with E-state index in [1.807, 2.05) is 0 Å². The maximum atomic E-state index is 13.2. The number of ether oxygens (including phenoxy) is 1. The van der Waals surface area contributed by atoms with Crippen LogP contribution in [0.5, 0.6) is 11.5 Å². The lowest BCUT2D eigenvalue weighted by molar-refractivity contribution is 0.479. The first-order valence-electron chi connectivity index (χ1n) is 4.74. The van der Waals surface area contributed by atoms with Gasteiger partial charge in [-0.1, -0.05) is 33.6 Å². The molecule has 17 heavy (non-hydrogen) atoms. The van der Waals surface area contributed by atoms with Crippen molar-refractivity contribution in [1.29, 1.82) is 0 Å². The second-order valence-corrected chi connectivity index (χ2v) is 4.69. The van der Waals surface area contributed by atoms with E-state index in [4.69, 9.17) is 22.1 Å². The number of hydrogen-bond donors (Lipinski definition) is 1. The molecule has 0 atom stereocenters. The fourth-order valence-electron chi connectivity index (χ4n) is 1.34. The van der Waals surface area contributed by atoms with Crippen LogP contribution in [-0.2, 0) is 0 Å². The zero-order valence-corrected chi connectivity index (χ0v) is 10.9. The minimum absolute atomic E-state index is 0.326. The highest BCUT2D eigenvalue weighted by Crippen LogP contribution is 2.35. The second-order valence-electron chi connectivity index (χ2n) is 3.37. The Labute approximate surface area is 111 Å². The molecule has 0 fully saturated rings. The van der Waals surface area contributed by atoms with Crippen molar-refractivity contribution in [3.05, 3.63) is 51.7 Å². The molecule has 0 aliphatic carbocycles. The Kier molecular flexibility index (Phi) is 3.54. The van der Waals surface area contributed by atoms with Crippen molar-refractivity contribution in [3.8, 4) is 11.5 Å². The van der Waals surface area contributed by atoms with Gasteiger partial charge in [-0.2, -0.15) is 0 Å². The number of para-hydroxylation sites is 1. The molecule has 0 spiro atoms. The summed E-state index contributed by atoms with van der Waals surface area (Å²) in [5.74, 6) is 0.253. The van der Waals surface area contributed by atoms with Crippen LogP contribution in [0.1, 0.15) is 0 Å². The van der Waals surface area contributed by atoms with E-state index in [0.717, 1.165) is 0 Å². The third-order valence-corrected chi connectivity index (χ3v) is 2.81. The number of rotatable bonds is 2. The second kappa shape index (κ2) is 4.94. The van der Waals surface area contributed by atoms with Gasteiger partial charge >= 0.3 is 0 Å². The zero-order chi connectivity index (χ0) is 12.4. The molecule has 88 valence electrons. The van der Waals surface area contributed by atoms with Crippen molar-refractivity contribution in [3.63, 3.8) is 0 Å². The van der Waals surface area contributed by atoms with Gasteiger partial charge in [0.25, 0.3) is 0 Å². The SMILES string of the molecule is Nc1cccc(Cl)c1Oc1cc(F)cc(Br)c1. The van der Waals surface area contributed by atoms with Gasteiger partial charge in [0, 0.05) is 10.5 Å². The highest BCUT2D eigenvalue weighted by Gasteiger charge is 2.08. The van der Waals surface area contributed by atoms with E-state index in [1.165, 1.54) is 12.1 Å². The summed E-state index contributed by atoms with van der Waals surface area (Å²) in [5, 5.41) is 0.380. The van der Waals surface area contributed by atoms with Crippen LogP contribution in [0.25, 0.3) is 0 Å². The summed E-state index contributed by atoms with van der Waals surface area (Å²) in [5.41, 5.74) is 6.13. The van der Waals surface area contributed by atoms with Crippen LogP contribution >= 0.6 is 27.5 Å². The largest absolute Gasteiger partial charge is 0.453 e. The minimum Gasteiger partial charge on any atom is -0.453 e. The molecule has 2 aromatic carbocycles. The van der Waals surface area contributed by atoms with Gasteiger partial charge in [-0.3, -0.25) is 0 Å². The Bertz CT molecular complexity index is 522. The molecule has 2 N–H and O–H groups in total. The first kappa shape index (κ1) is 12.2. The van der Waals surface area contributed by atoms with Gasteiger partial charge in [-0.05, 0) is 24.3 Å². The number of anilines is 1. The number of benzene rings is 2. The van der Waals surface area contributed by atoms with Crippen LogP contribution in [0.4, 0.5) is 10.1 Å². The van der Waals surface area contributed by atoms with Crippen LogP contribution in [0, 0.1) is 5.82 Å². The van der Waals surface area contributed by atoms with Crippen molar-refractivity contribution in [1.82, 2.24) is 0 Å². The van der Waals surface area contributed by atoms with E-state index in [1.54, 1.807) is 24.3 Å². The zero-order valence-electron chi connectivity index (χ0n) is 8.58. The average molecular weight is 317 g/mol. The molecular formula is C12H8BrClFNO. The highest BCUT2D eigenvalue weighted by atomic mass is 79.9. The van der Waals surface area contributed by atoms with E-state index in [9.17, 15) is 4.39 Å². The van der Waals surface area contributed by atoms with Crippen molar-refractivity contribution in [2.24, 2.45) is 0 Å². The summed E-state index contributed by atoms with van der Waals surface area (Å²) >= 11 is 9.13. The minimum atomic E-state index is -0.403. The highest BCUT2D eigenvalue weighted by molar-refractivity contribution is 9.10. The van der Waals surface area contributed by atoms with Gasteiger partial charge in [0.05, 0.1) is 10.7 Å². The lowest BCUT2D eigenvalue weighted by Crippen LogP contribution is -1.93. The third-order valence-electron chi connectivity index (χ3n) is 2.05. The van der Waals surface area contributed by atoms with Crippen LogP contribution < -0.4 is 10.5 Å². The quantitative estimate of drug-likeness (QED) is 0.821. The Morgan fingerprint density at radius 1 is 1.24 bits per heavy atom. The van der Waals surface area contributed by atoms with E-state index >= 15 is 0 Å². The molecule has 0 bridgehead atoms. The van der Waals surface area contributed by atoms with Gasteiger partial charge in [-0.15, -0.1) is 0 Å². The molecule has 5 heteroatoms. The van der Waals surface area contributed by atoms with Crippen LogP contribution in [-0.4, -0.2) is 0 Å². The van der Waals surface area contributed by atoms with E-state index in [-0.39, 0.29) is 0 Å². The van der Waals surface area contributed by atoms with Gasteiger partial charge in [-0.25, -0.2) is 4.39 Å². The first-order valence-corrected chi connectivity index (χ1v) is 5.91. The molecule has 0 radical (unpaired) electrons. The van der Waals surface area contributed by atoms with Gasteiger partial charge in [0.2, 0.25) is 0 Å². The molecular weight excluding hydrogens is 308 g/mol. The summed E-state index contributed by atoms with van der Waals surface area (Å²) in [6.07, 6.45) is 0. The fourth-order valence-corrected chi connectivity index (χ4v) is 2.00. The Morgan fingerprint density at radius 3 is 2.65 bits per heavy atom. The van der Waals surface area contributed by atoms with Crippen LogP contribution in [0.2, 0.25) is 5.02 Å². The molecule has 0 unspecified atom stereocenters. The smallest absolute Gasteiger partial charge is 0.168 e. The van der Waals surface area contributed by atoms with Crippen molar-refractivity contribution in [2.45, 2.75) is 0 Å². The Hall–Kier alpha value is -1.26. The Morgan fingerprint density at radius 2 is 2.00 bits per heavy atom. The van der Waals surface area contributed by atoms with Crippen molar-refractivity contribution >= 4 is 33.2 Å². The maximum Gasteiger partial charge on any atom is 0.168 e. The van der Waals surface area contributed by atoms with E-state index < -0.39 is 5.82 Å². The lowest BCUT2D eigenvalue weighted by Gasteiger charge is -2.10. The molecule has 0 amide bonds. The summed E-state index contributed by atoms with van der Waals surface area (Å²) in [6.45, 7) is 0. The van der Waals surface area contributed by atoms with E-state index in [0.29, 0.717) is 26.7 Å². The summed E-state index contributed by atoms with van der Waals surface area (Å²) in [6, 6.07) is 9.26. The molecule has 2 nitrogen and oxygen atoms in total. The van der Waals surface area contributed by atoms with Crippen LogP contribution in [0.15, 0.2) is 40.9 Å². The molecule has 2 rings (SSSR count). The number of nitrogen functional groups attached to an aromatic ring is 1. The number of halogens is 3. The molecule has 0 saturated carbocycles. The lowest BCUT2D eigenvalue weighted by atomic mass is 10.3. The predicted molar refractivity (Wildman–Crippen MR) is 70.0 cm³/mol. The Balaban J connectivity index is 2.38. The number of nitrogens with two attached hydrogens (primary N) is 1. The van der Waals surface area contributed by atoms with Crippen LogP contribution in [0.3, 0.4) is 0 Å². The monoisotopic (exact) mass is 315 g/mol. The van der Waals surface area contributed by atoms with Crippen molar-refractivity contribution in [2.75, 3.05) is 5.73 Å². The van der Waals surface area contributed by atoms with Gasteiger partial charge < -0.3 is 10.5 Å². The average Bonchev–Trinajstić information content (AvgIpc) is 2.22. The van der Waals surface area contributed by atoms with E-state index in [2.05, 4.69) is 15.9 Å². The maximum absolute atomic E-state index is 13.2. The first-order chi connectivity index (χ1) is 8.06. The van der Waals surface area contributed by atoms with Crippen molar-refractivity contribution < 1.29 is 9.13 Å². The molecule has 0 heterocycles. The molecule has 0 saturated heterocycles. The molecule has 0 aromatic heterocycles. The topological polar surface area (TPSA) is 35.2 Å². The fraction of sp³-hybridized carbons (Fsp3) is 0. The number of hydrogen-bond acceptors (Lipinski definition) is 2. The summed E-state index contributed by atoms with van der Waals surface area (Å²) in [4.78, 5) is 0.